The summed E-state index contributed by atoms with van der Waals surface area (Å²) in [6.07, 6.45) is 7.18. The molecule has 0 aliphatic carbocycles. The molecule has 0 amide bonds. The lowest BCUT2D eigenvalue weighted by Crippen LogP contribution is -2.28. The highest BCUT2D eigenvalue weighted by Gasteiger charge is 2.21. The second kappa shape index (κ2) is 7.27. The molecule has 2 saturated heterocycles. The summed E-state index contributed by atoms with van der Waals surface area (Å²) in [4.78, 5) is 13.7. The Bertz CT molecular complexity index is 240. The summed E-state index contributed by atoms with van der Waals surface area (Å²) in [5.41, 5.74) is 0. The van der Waals surface area contributed by atoms with Crippen LogP contribution in [0.25, 0.3) is 0 Å². The smallest absolute Gasteiger partial charge is 0.306 e. The molecule has 17 heavy (non-hydrogen) atoms. The minimum atomic E-state index is -0.0106. The van der Waals surface area contributed by atoms with Gasteiger partial charge >= 0.3 is 5.97 Å². The van der Waals surface area contributed by atoms with Crippen LogP contribution in [-0.2, 0) is 9.53 Å². The van der Waals surface area contributed by atoms with E-state index in [9.17, 15) is 4.79 Å². The van der Waals surface area contributed by atoms with E-state index < -0.39 is 0 Å². The van der Waals surface area contributed by atoms with E-state index in [1.807, 2.05) is 11.8 Å². The van der Waals surface area contributed by atoms with E-state index in [1.165, 1.54) is 45.3 Å². The maximum atomic E-state index is 11.1. The molecule has 2 aliphatic rings. The zero-order chi connectivity index (χ0) is 11.9. The van der Waals surface area contributed by atoms with E-state index in [0.717, 1.165) is 12.2 Å². The predicted octanol–water partition coefficient (Wildman–Crippen LogP) is 2.30. The van der Waals surface area contributed by atoms with Gasteiger partial charge in [0, 0.05) is 17.5 Å². The van der Waals surface area contributed by atoms with Gasteiger partial charge in [0.15, 0.2) is 0 Å². The van der Waals surface area contributed by atoms with Crippen LogP contribution in [0.1, 0.15) is 38.5 Å². The van der Waals surface area contributed by atoms with Gasteiger partial charge in [-0.05, 0) is 32.4 Å². The second-order valence-corrected chi connectivity index (χ2v) is 6.37. The summed E-state index contributed by atoms with van der Waals surface area (Å²) >= 11 is 1.96. The van der Waals surface area contributed by atoms with Gasteiger partial charge in [-0.15, -0.1) is 0 Å². The third-order valence-corrected chi connectivity index (χ3v) is 4.85. The fourth-order valence-corrected chi connectivity index (χ4v) is 3.72. The van der Waals surface area contributed by atoms with E-state index in [4.69, 9.17) is 4.74 Å². The van der Waals surface area contributed by atoms with Crippen molar-refractivity contribution in [1.29, 1.82) is 0 Å². The molecule has 0 spiro atoms. The number of ether oxygens (including phenoxy) is 1. The average Bonchev–Trinajstić information content (AvgIpc) is 2.58. The van der Waals surface area contributed by atoms with E-state index in [0.29, 0.717) is 18.3 Å². The van der Waals surface area contributed by atoms with Crippen LogP contribution in [0, 0.1) is 0 Å². The third-order valence-electron chi connectivity index (χ3n) is 3.56. The van der Waals surface area contributed by atoms with E-state index >= 15 is 0 Å². The minimum absolute atomic E-state index is 0.0106. The van der Waals surface area contributed by atoms with Gasteiger partial charge in [-0.3, -0.25) is 4.79 Å². The van der Waals surface area contributed by atoms with Gasteiger partial charge in [0.2, 0.25) is 0 Å². The Hall–Kier alpha value is -0.220. The Balaban J connectivity index is 1.59. The molecule has 0 saturated carbocycles. The first kappa shape index (κ1) is 13.2. The zero-order valence-electron chi connectivity index (χ0n) is 10.5. The number of carbonyl (C=O) groups excluding carboxylic acids is 1. The van der Waals surface area contributed by atoms with Gasteiger partial charge in [-0.1, -0.05) is 12.8 Å². The molecule has 0 bridgehead atoms. The summed E-state index contributed by atoms with van der Waals surface area (Å²) in [6.45, 7) is 4.36. The van der Waals surface area contributed by atoms with Gasteiger partial charge in [-0.25, -0.2) is 0 Å². The van der Waals surface area contributed by atoms with Crippen molar-refractivity contribution in [2.45, 2.75) is 43.8 Å². The van der Waals surface area contributed by atoms with Gasteiger partial charge < -0.3 is 9.64 Å². The minimum Gasteiger partial charge on any atom is -0.466 e. The van der Waals surface area contributed by atoms with Gasteiger partial charge in [0.1, 0.15) is 0 Å². The first-order valence-electron chi connectivity index (χ1n) is 6.84. The van der Waals surface area contributed by atoms with Crippen molar-refractivity contribution in [2.24, 2.45) is 0 Å². The lowest BCUT2D eigenvalue weighted by Gasteiger charge is -2.23. The molecule has 0 N–H and O–H groups in total. The first-order chi connectivity index (χ1) is 8.34. The fourth-order valence-electron chi connectivity index (χ4n) is 2.50. The lowest BCUT2D eigenvalue weighted by molar-refractivity contribution is -0.146. The summed E-state index contributed by atoms with van der Waals surface area (Å²) in [5.74, 6) is 1.15. The van der Waals surface area contributed by atoms with E-state index in [1.54, 1.807) is 0 Å². The number of likely N-dealkylation sites (tertiary alicyclic amines) is 1. The number of rotatable bonds is 4. The number of thioether (sulfide) groups is 1. The maximum Gasteiger partial charge on any atom is 0.306 e. The average molecular weight is 257 g/mol. The molecule has 1 unspecified atom stereocenters. The van der Waals surface area contributed by atoms with Gasteiger partial charge in [0.25, 0.3) is 0 Å². The molecule has 3 nitrogen and oxygen atoms in total. The summed E-state index contributed by atoms with van der Waals surface area (Å²) in [7, 11) is 0. The van der Waals surface area contributed by atoms with Crippen LogP contribution in [0.3, 0.4) is 0 Å². The lowest BCUT2D eigenvalue weighted by atomic mass is 10.2. The van der Waals surface area contributed by atoms with Crippen LogP contribution in [0.4, 0.5) is 0 Å². The van der Waals surface area contributed by atoms with Crippen molar-refractivity contribution < 1.29 is 9.53 Å². The quantitative estimate of drug-likeness (QED) is 0.723. The van der Waals surface area contributed by atoms with Crippen LogP contribution < -0.4 is 0 Å². The molecule has 2 fully saturated rings. The molecule has 2 heterocycles. The number of hydrogen-bond acceptors (Lipinski definition) is 4. The van der Waals surface area contributed by atoms with Crippen LogP contribution in [0.2, 0.25) is 0 Å². The molecule has 2 rings (SSSR count). The van der Waals surface area contributed by atoms with Crippen LogP contribution in [-0.4, -0.2) is 48.1 Å². The molecule has 0 aromatic heterocycles. The summed E-state index contributed by atoms with van der Waals surface area (Å²) in [6, 6.07) is 0. The van der Waals surface area contributed by atoms with Crippen molar-refractivity contribution in [3.8, 4) is 0 Å². The van der Waals surface area contributed by atoms with E-state index in [-0.39, 0.29) is 5.97 Å². The molecule has 2 aliphatic heterocycles. The highest BCUT2D eigenvalue weighted by molar-refractivity contribution is 7.99. The fraction of sp³-hybridized carbons (Fsp3) is 0.923. The summed E-state index contributed by atoms with van der Waals surface area (Å²) in [5, 5.41) is 0.503. The van der Waals surface area contributed by atoms with Crippen LogP contribution in [0.5, 0.6) is 0 Å². The van der Waals surface area contributed by atoms with Crippen molar-refractivity contribution >= 4 is 17.7 Å². The Kier molecular flexibility index (Phi) is 5.65. The number of esters is 1. The topological polar surface area (TPSA) is 29.5 Å². The Labute approximate surface area is 108 Å². The van der Waals surface area contributed by atoms with Crippen LogP contribution in [0.15, 0.2) is 0 Å². The number of carbonyl (C=O) groups is 1. The van der Waals surface area contributed by atoms with Gasteiger partial charge in [-0.2, -0.15) is 11.8 Å². The van der Waals surface area contributed by atoms with Crippen molar-refractivity contribution in [3.63, 3.8) is 0 Å². The standard InChI is InChI=1S/C13H23NO2S/c15-13-11-12(5-9-16-13)17-10-8-14-6-3-1-2-4-7-14/h12H,1-11H2. The molecule has 1 atom stereocenters. The molecule has 0 aromatic rings. The second-order valence-electron chi connectivity index (χ2n) is 4.96. The van der Waals surface area contributed by atoms with Crippen molar-refractivity contribution in [1.82, 2.24) is 4.90 Å². The maximum absolute atomic E-state index is 11.1. The summed E-state index contributed by atoms with van der Waals surface area (Å²) < 4.78 is 4.96. The van der Waals surface area contributed by atoms with Gasteiger partial charge in [0.05, 0.1) is 13.0 Å². The zero-order valence-corrected chi connectivity index (χ0v) is 11.3. The monoisotopic (exact) mass is 257 g/mol. The number of cyclic esters (lactones) is 1. The predicted molar refractivity (Wildman–Crippen MR) is 71.3 cm³/mol. The highest BCUT2D eigenvalue weighted by atomic mass is 32.2. The molecule has 98 valence electrons. The largest absolute Gasteiger partial charge is 0.466 e. The molecule has 4 heteroatoms. The van der Waals surface area contributed by atoms with Crippen molar-refractivity contribution in [2.75, 3.05) is 32.0 Å². The van der Waals surface area contributed by atoms with Crippen molar-refractivity contribution in [3.05, 3.63) is 0 Å². The number of nitrogens with zero attached hydrogens (tertiary/aromatic N) is 1. The van der Waals surface area contributed by atoms with E-state index in [2.05, 4.69) is 4.90 Å². The molecular formula is C13H23NO2S. The third kappa shape index (κ3) is 4.88. The SMILES string of the molecule is O=C1CC(SCCN2CCCCCC2)CCO1. The first-order valence-corrected chi connectivity index (χ1v) is 7.89. The number of hydrogen-bond donors (Lipinski definition) is 0. The normalized spacial score (nSPS) is 27.5. The Morgan fingerprint density at radius 2 is 2.00 bits per heavy atom. The Morgan fingerprint density at radius 3 is 2.71 bits per heavy atom. The molecule has 0 radical (unpaired) electrons. The van der Waals surface area contributed by atoms with Crippen LogP contribution >= 0.6 is 11.8 Å². The Morgan fingerprint density at radius 1 is 1.24 bits per heavy atom. The molecule has 0 aromatic carbocycles. The molecular weight excluding hydrogens is 234 g/mol. The highest BCUT2D eigenvalue weighted by Crippen LogP contribution is 2.23.